The second-order valence-electron chi connectivity index (χ2n) is 13.5. The van der Waals surface area contributed by atoms with Crippen LogP contribution in [-0.2, 0) is 0 Å². The molecule has 4 nitrogen and oxygen atoms in total. The topological polar surface area (TPSA) is 51.8 Å². The van der Waals surface area contributed by atoms with E-state index >= 15 is 0 Å². The van der Waals surface area contributed by atoms with E-state index in [1.165, 1.54) is 25.6 Å². The summed E-state index contributed by atoms with van der Waals surface area (Å²) in [5, 5.41) is 5.84. The van der Waals surface area contributed by atoms with Crippen LogP contribution >= 0.6 is 11.3 Å². The molecule has 0 aliphatic carbocycles. The van der Waals surface area contributed by atoms with Crippen LogP contribution in [0, 0.1) is 0 Å². The summed E-state index contributed by atoms with van der Waals surface area (Å²) < 4.78 is 8.88. The summed E-state index contributed by atoms with van der Waals surface area (Å²) in [4.78, 5) is 15.6. The van der Waals surface area contributed by atoms with Gasteiger partial charge in [-0.3, -0.25) is 0 Å². The van der Waals surface area contributed by atoms with Gasteiger partial charge in [0, 0.05) is 64.1 Å². The third-order valence-electron chi connectivity index (χ3n) is 10.3. The van der Waals surface area contributed by atoms with E-state index in [9.17, 15) is 0 Å². The van der Waals surface area contributed by atoms with Gasteiger partial charge in [0.1, 0.15) is 11.2 Å². The third kappa shape index (κ3) is 5.01. The van der Waals surface area contributed by atoms with Gasteiger partial charge < -0.3 is 4.42 Å². The Labute approximate surface area is 314 Å². The number of thiophene rings is 1. The number of benzene rings is 7. The van der Waals surface area contributed by atoms with Gasteiger partial charge in [0.05, 0.1) is 22.6 Å². The minimum Gasteiger partial charge on any atom is -0.455 e. The molecule has 0 saturated heterocycles. The first-order valence-corrected chi connectivity index (χ1v) is 18.8. The van der Waals surface area contributed by atoms with E-state index < -0.39 is 0 Å². The standard InChI is InChI=1S/C49H29N3OS/c1-2-12-31(13-3-1)41-29-42(52-49(51-41)32-26-24-30(25-27-32)35-19-11-20-37-36-16-5-8-22-43(36)53-47(35)37)33-14-10-15-34(28-33)46-45-39-18-6-9-23-44(39)54-48(45)38-17-4-7-21-40(38)50-46/h1-29H. The van der Waals surface area contributed by atoms with E-state index in [1.54, 1.807) is 0 Å². The number of aromatic nitrogens is 3. The van der Waals surface area contributed by atoms with Crippen molar-refractivity contribution in [2.24, 2.45) is 0 Å². The van der Waals surface area contributed by atoms with Gasteiger partial charge in [-0.25, -0.2) is 15.0 Å². The second-order valence-corrected chi connectivity index (χ2v) is 14.6. The Hall–Kier alpha value is -6.95. The van der Waals surface area contributed by atoms with Gasteiger partial charge in [-0.1, -0.05) is 146 Å². The monoisotopic (exact) mass is 707 g/mol. The fourth-order valence-corrected chi connectivity index (χ4v) is 8.94. The molecule has 0 N–H and O–H groups in total. The fraction of sp³-hybridized carbons (Fsp3) is 0. The fourth-order valence-electron chi connectivity index (χ4n) is 7.70. The van der Waals surface area contributed by atoms with Crippen molar-refractivity contribution < 1.29 is 4.42 Å². The van der Waals surface area contributed by atoms with Gasteiger partial charge in [-0.2, -0.15) is 0 Å². The molecule has 11 rings (SSSR count). The van der Waals surface area contributed by atoms with E-state index in [0.29, 0.717) is 5.82 Å². The van der Waals surface area contributed by atoms with Crippen molar-refractivity contribution >= 4 is 64.4 Å². The molecule has 7 aromatic carbocycles. The Bertz CT molecular complexity index is 3220. The quantitative estimate of drug-likeness (QED) is 0.179. The molecule has 0 aliphatic rings. The Kier molecular flexibility index (Phi) is 7.00. The Morgan fingerprint density at radius 3 is 1.94 bits per heavy atom. The van der Waals surface area contributed by atoms with Crippen LogP contribution in [0.25, 0.3) is 109 Å². The number of hydrogen-bond acceptors (Lipinski definition) is 5. The van der Waals surface area contributed by atoms with Crippen molar-refractivity contribution in [2.45, 2.75) is 0 Å². The number of fused-ring (bicyclic) bond motifs is 8. The van der Waals surface area contributed by atoms with Crippen molar-refractivity contribution in [1.82, 2.24) is 15.0 Å². The van der Waals surface area contributed by atoms with E-state index in [0.717, 1.165) is 77.9 Å². The van der Waals surface area contributed by atoms with Crippen molar-refractivity contribution in [3.05, 3.63) is 176 Å². The summed E-state index contributed by atoms with van der Waals surface area (Å²) in [6, 6.07) is 61.2. The number of rotatable bonds is 5. The van der Waals surface area contributed by atoms with Crippen LogP contribution in [0.1, 0.15) is 0 Å². The molecule has 0 radical (unpaired) electrons. The Balaban J connectivity index is 1.05. The first-order valence-electron chi connectivity index (χ1n) is 18.0. The van der Waals surface area contributed by atoms with Crippen LogP contribution in [0.3, 0.4) is 0 Å². The van der Waals surface area contributed by atoms with Gasteiger partial charge in [0.15, 0.2) is 5.82 Å². The summed E-state index contributed by atoms with van der Waals surface area (Å²) in [5.74, 6) is 0.667. The number of furan rings is 1. The van der Waals surface area contributed by atoms with Crippen LogP contribution in [-0.4, -0.2) is 15.0 Å². The molecule has 0 unspecified atom stereocenters. The van der Waals surface area contributed by atoms with Crippen molar-refractivity contribution in [3.63, 3.8) is 0 Å². The van der Waals surface area contributed by atoms with Gasteiger partial charge >= 0.3 is 0 Å². The van der Waals surface area contributed by atoms with Gasteiger partial charge in [0.25, 0.3) is 0 Å². The smallest absolute Gasteiger partial charge is 0.160 e. The van der Waals surface area contributed by atoms with Gasteiger partial charge in [-0.15, -0.1) is 11.3 Å². The molecule has 4 heterocycles. The van der Waals surface area contributed by atoms with E-state index in [2.05, 4.69) is 146 Å². The maximum atomic E-state index is 6.36. The molecule has 4 aromatic heterocycles. The van der Waals surface area contributed by atoms with Crippen LogP contribution in [0.15, 0.2) is 180 Å². The molecule has 54 heavy (non-hydrogen) atoms. The highest BCUT2D eigenvalue weighted by molar-refractivity contribution is 7.26. The average Bonchev–Trinajstić information content (AvgIpc) is 3.83. The van der Waals surface area contributed by atoms with Crippen molar-refractivity contribution in [3.8, 4) is 56.3 Å². The van der Waals surface area contributed by atoms with E-state index in [1.807, 2.05) is 41.7 Å². The zero-order valence-electron chi connectivity index (χ0n) is 28.9. The lowest BCUT2D eigenvalue weighted by Gasteiger charge is -2.12. The predicted octanol–water partition coefficient (Wildman–Crippen LogP) is 13.6. The third-order valence-corrected chi connectivity index (χ3v) is 11.5. The van der Waals surface area contributed by atoms with Crippen LogP contribution in [0.5, 0.6) is 0 Å². The lowest BCUT2D eigenvalue weighted by Crippen LogP contribution is -1.96. The minimum atomic E-state index is 0.667. The largest absolute Gasteiger partial charge is 0.455 e. The molecular weight excluding hydrogens is 679 g/mol. The summed E-state index contributed by atoms with van der Waals surface area (Å²) >= 11 is 1.83. The average molecular weight is 708 g/mol. The number of hydrogen-bond donors (Lipinski definition) is 0. The highest BCUT2D eigenvalue weighted by atomic mass is 32.1. The summed E-state index contributed by atoms with van der Waals surface area (Å²) in [6.45, 7) is 0. The molecule has 0 atom stereocenters. The second kappa shape index (κ2) is 12.3. The zero-order valence-corrected chi connectivity index (χ0v) is 29.7. The van der Waals surface area contributed by atoms with Crippen molar-refractivity contribution in [1.29, 1.82) is 0 Å². The first-order chi connectivity index (χ1) is 26.7. The molecule has 0 bridgehead atoms. The Morgan fingerprint density at radius 1 is 0.426 bits per heavy atom. The molecule has 5 heteroatoms. The molecule has 252 valence electrons. The number of pyridine rings is 1. The molecule has 0 saturated carbocycles. The minimum absolute atomic E-state index is 0.667. The zero-order chi connectivity index (χ0) is 35.6. The van der Waals surface area contributed by atoms with Gasteiger partial charge in [-0.05, 0) is 35.9 Å². The lowest BCUT2D eigenvalue weighted by molar-refractivity contribution is 0.670. The SMILES string of the molecule is c1ccc(-c2cc(-c3cccc(-c4nc5ccccc5c5sc6ccccc6c45)c3)nc(-c3ccc(-c4cccc5c4oc4ccccc45)cc3)n2)cc1. The first kappa shape index (κ1) is 30.7. The maximum Gasteiger partial charge on any atom is 0.160 e. The summed E-state index contributed by atoms with van der Waals surface area (Å²) in [6.07, 6.45) is 0. The van der Waals surface area contributed by atoms with Crippen LogP contribution in [0.4, 0.5) is 0 Å². The molecule has 0 fully saturated rings. The maximum absolute atomic E-state index is 6.36. The number of nitrogens with zero attached hydrogens (tertiary/aromatic N) is 3. The van der Waals surface area contributed by atoms with E-state index in [4.69, 9.17) is 19.4 Å². The summed E-state index contributed by atoms with van der Waals surface area (Å²) in [7, 11) is 0. The van der Waals surface area contributed by atoms with Crippen LogP contribution < -0.4 is 0 Å². The lowest BCUT2D eigenvalue weighted by atomic mass is 9.99. The van der Waals surface area contributed by atoms with E-state index in [-0.39, 0.29) is 0 Å². The molecular formula is C49H29N3OS. The molecule has 0 amide bonds. The van der Waals surface area contributed by atoms with Crippen molar-refractivity contribution in [2.75, 3.05) is 0 Å². The van der Waals surface area contributed by atoms with Crippen LogP contribution in [0.2, 0.25) is 0 Å². The predicted molar refractivity (Wildman–Crippen MR) is 225 cm³/mol. The summed E-state index contributed by atoms with van der Waals surface area (Å²) in [5.41, 5.74) is 11.6. The van der Waals surface area contributed by atoms with Gasteiger partial charge in [0.2, 0.25) is 0 Å². The Morgan fingerprint density at radius 2 is 1.07 bits per heavy atom. The molecule has 11 aromatic rings. The molecule has 0 spiro atoms. The highest BCUT2D eigenvalue weighted by Gasteiger charge is 2.18. The normalized spacial score (nSPS) is 11.7. The highest BCUT2D eigenvalue weighted by Crippen LogP contribution is 2.43. The molecule has 0 aliphatic heterocycles. The number of para-hydroxylation sites is 3.